The second-order valence-electron chi connectivity index (χ2n) is 3.83. The number of aromatic nitrogens is 2. The van der Waals surface area contributed by atoms with Gasteiger partial charge in [-0.1, -0.05) is 13.3 Å². The van der Waals surface area contributed by atoms with Gasteiger partial charge in [0.15, 0.2) is 0 Å². The van der Waals surface area contributed by atoms with Crippen molar-refractivity contribution in [3.63, 3.8) is 0 Å². The second-order valence-corrected chi connectivity index (χ2v) is 3.83. The number of unbranched alkanes of at least 4 members (excludes halogenated alkanes) is 1. The van der Waals surface area contributed by atoms with Gasteiger partial charge in [0.1, 0.15) is 5.75 Å². The van der Waals surface area contributed by atoms with Crippen LogP contribution in [0.25, 0.3) is 11.0 Å². The summed E-state index contributed by atoms with van der Waals surface area (Å²) in [7, 11) is 1.65. The van der Waals surface area contributed by atoms with E-state index >= 15 is 0 Å². The van der Waals surface area contributed by atoms with E-state index in [9.17, 15) is 0 Å². The van der Waals surface area contributed by atoms with Gasteiger partial charge in [0.25, 0.3) is 0 Å². The molecule has 0 aliphatic heterocycles. The molecule has 16 heavy (non-hydrogen) atoms. The number of fused-ring (bicyclic) bond motifs is 1. The number of benzene rings is 1. The van der Waals surface area contributed by atoms with Gasteiger partial charge in [-0.2, -0.15) is 0 Å². The number of rotatable bonds is 4. The minimum atomic E-state index is 0.580. The summed E-state index contributed by atoms with van der Waals surface area (Å²) in [6.07, 6.45) is 2.26. The first kappa shape index (κ1) is 10.8. The fraction of sp³-hybridized carbons (Fsp3) is 0.417. The number of hydrogen-bond acceptors (Lipinski definition) is 3. The predicted molar refractivity (Wildman–Crippen MR) is 65.6 cm³/mol. The van der Waals surface area contributed by atoms with Crippen molar-refractivity contribution in [2.75, 3.05) is 12.8 Å². The van der Waals surface area contributed by atoms with Gasteiger partial charge in [0.05, 0.1) is 18.1 Å². The molecule has 2 rings (SSSR count). The quantitative estimate of drug-likeness (QED) is 0.859. The SMILES string of the molecule is CCCCn1c(N)nc2cc(OC)ccc21. The molecule has 0 amide bonds. The van der Waals surface area contributed by atoms with Crippen LogP contribution in [0.3, 0.4) is 0 Å². The lowest BCUT2D eigenvalue weighted by molar-refractivity contribution is 0.415. The molecule has 1 aromatic heterocycles. The monoisotopic (exact) mass is 219 g/mol. The number of imidazole rings is 1. The van der Waals surface area contributed by atoms with Crippen molar-refractivity contribution >= 4 is 17.0 Å². The predicted octanol–water partition coefficient (Wildman–Crippen LogP) is 2.43. The highest BCUT2D eigenvalue weighted by molar-refractivity contribution is 5.79. The van der Waals surface area contributed by atoms with Crippen molar-refractivity contribution in [3.8, 4) is 5.75 Å². The van der Waals surface area contributed by atoms with E-state index in [0.29, 0.717) is 5.95 Å². The summed E-state index contributed by atoms with van der Waals surface area (Å²) >= 11 is 0. The highest BCUT2D eigenvalue weighted by atomic mass is 16.5. The second kappa shape index (κ2) is 4.43. The van der Waals surface area contributed by atoms with Crippen LogP contribution in [-0.2, 0) is 6.54 Å². The number of aryl methyl sites for hydroxylation is 1. The standard InChI is InChI=1S/C12H17N3O/c1-3-4-7-15-11-6-5-9(16-2)8-10(11)14-12(15)13/h5-6,8H,3-4,7H2,1-2H3,(H2,13,14). The first-order valence-corrected chi connectivity index (χ1v) is 5.56. The number of hydrogen-bond donors (Lipinski definition) is 1. The van der Waals surface area contributed by atoms with Crippen LogP contribution >= 0.6 is 0 Å². The number of nitrogens with zero attached hydrogens (tertiary/aromatic N) is 2. The Kier molecular flexibility index (Phi) is 2.99. The van der Waals surface area contributed by atoms with Crippen LogP contribution in [0.1, 0.15) is 19.8 Å². The van der Waals surface area contributed by atoms with Crippen molar-refractivity contribution in [1.82, 2.24) is 9.55 Å². The van der Waals surface area contributed by atoms with E-state index in [4.69, 9.17) is 10.5 Å². The molecular weight excluding hydrogens is 202 g/mol. The first-order chi connectivity index (χ1) is 7.76. The van der Waals surface area contributed by atoms with Crippen molar-refractivity contribution in [2.45, 2.75) is 26.3 Å². The van der Waals surface area contributed by atoms with Crippen LogP contribution in [-0.4, -0.2) is 16.7 Å². The van der Waals surface area contributed by atoms with Crippen molar-refractivity contribution in [2.24, 2.45) is 0 Å². The number of methoxy groups -OCH3 is 1. The summed E-state index contributed by atoms with van der Waals surface area (Å²) in [5.41, 5.74) is 7.87. The van der Waals surface area contributed by atoms with Gasteiger partial charge in [0.2, 0.25) is 5.95 Å². The molecular formula is C12H17N3O. The van der Waals surface area contributed by atoms with Gasteiger partial charge in [-0.25, -0.2) is 4.98 Å². The molecule has 2 N–H and O–H groups in total. The smallest absolute Gasteiger partial charge is 0.201 e. The Labute approximate surface area is 95.0 Å². The van der Waals surface area contributed by atoms with Crippen LogP contribution in [0.15, 0.2) is 18.2 Å². The third-order valence-corrected chi connectivity index (χ3v) is 2.72. The lowest BCUT2D eigenvalue weighted by atomic mass is 10.3. The van der Waals surface area contributed by atoms with E-state index in [1.54, 1.807) is 7.11 Å². The molecule has 0 fully saturated rings. The first-order valence-electron chi connectivity index (χ1n) is 5.56. The largest absolute Gasteiger partial charge is 0.497 e. The lowest BCUT2D eigenvalue weighted by Gasteiger charge is -2.05. The highest BCUT2D eigenvalue weighted by Gasteiger charge is 2.08. The average molecular weight is 219 g/mol. The molecule has 0 aliphatic rings. The third kappa shape index (κ3) is 1.83. The third-order valence-electron chi connectivity index (χ3n) is 2.72. The summed E-state index contributed by atoms with van der Waals surface area (Å²) in [5.74, 6) is 1.39. The topological polar surface area (TPSA) is 53.1 Å². The Morgan fingerprint density at radius 1 is 1.44 bits per heavy atom. The van der Waals surface area contributed by atoms with E-state index in [1.807, 2.05) is 18.2 Å². The van der Waals surface area contributed by atoms with Crippen LogP contribution in [0.2, 0.25) is 0 Å². The van der Waals surface area contributed by atoms with E-state index in [-0.39, 0.29) is 0 Å². The number of ether oxygens (including phenoxy) is 1. The molecule has 2 aromatic rings. The zero-order valence-electron chi connectivity index (χ0n) is 9.73. The van der Waals surface area contributed by atoms with E-state index < -0.39 is 0 Å². The zero-order valence-corrected chi connectivity index (χ0v) is 9.73. The van der Waals surface area contributed by atoms with Crippen LogP contribution in [0.5, 0.6) is 5.75 Å². The number of anilines is 1. The van der Waals surface area contributed by atoms with Gasteiger partial charge in [-0.15, -0.1) is 0 Å². The van der Waals surface area contributed by atoms with Crippen molar-refractivity contribution < 1.29 is 4.74 Å². The zero-order chi connectivity index (χ0) is 11.5. The minimum Gasteiger partial charge on any atom is -0.497 e. The Morgan fingerprint density at radius 3 is 2.94 bits per heavy atom. The molecule has 0 aliphatic carbocycles. The summed E-state index contributed by atoms with van der Waals surface area (Å²) in [6, 6.07) is 5.85. The molecule has 86 valence electrons. The number of nitrogens with two attached hydrogens (primary N) is 1. The molecule has 0 spiro atoms. The molecule has 1 heterocycles. The normalized spacial score (nSPS) is 10.9. The molecule has 1 aromatic carbocycles. The van der Waals surface area contributed by atoms with Crippen LogP contribution in [0.4, 0.5) is 5.95 Å². The Balaban J connectivity index is 2.45. The van der Waals surface area contributed by atoms with Gasteiger partial charge >= 0.3 is 0 Å². The fourth-order valence-electron chi connectivity index (χ4n) is 1.81. The maximum absolute atomic E-state index is 5.90. The molecule has 4 heteroatoms. The lowest BCUT2D eigenvalue weighted by Crippen LogP contribution is -2.02. The fourth-order valence-corrected chi connectivity index (χ4v) is 1.81. The number of nitrogen functional groups attached to an aromatic ring is 1. The van der Waals surface area contributed by atoms with Gasteiger partial charge in [-0.3, -0.25) is 0 Å². The Morgan fingerprint density at radius 2 is 2.25 bits per heavy atom. The van der Waals surface area contributed by atoms with E-state index in [0.717, 1.165) is 36.2 Å². The maximum Gasteiger partial charge on any atom is 0.201 e. The molecule has 0 unspecified atom stereocenters. The van der Waals surface area contributed by atoms with Gasteiger partial charge in [0, 0.05) is 12.6 Å². The van der Waals surface area contributed by atoms with Gasteiger partial charge < -0.3 is 15.0 Å². The van der Waals surface area contributed by atoms with Gasteiger partial charge in [-0.05, 0) is 18.6 Å². The minimum absolute atomic E-state index is 0.580. The molecule has 4 nitrogen and oxygen atoms in total. The average Bonchev–Trinajstić information content (AvgIpc) is 2.61. The van der Waals surface area contributed by atoms with Crippen LogP contribution in [0, 0.1) is 0 Å². The summed E-state index contributed by atoms with van der Waals surface area (Å²) < 4.78 is 7.22. The van der Waals surface area contributed by atoms with Crippen molar-refractivity contribution in [3.05, 3.63) is 18.2 Å². The molecule has 0 saturated heterocycles. The Hall–Kier alpha value is -1.71. The summed E-state index contributed by atoms with van der Waals surface area (Å²) in [5, 5.41) is 0. The summed E-state index contributed by atoms with van der Waals surface area (Å²) in [4.78, 5) is 4.34. The van der Waals surface area contributed by atoms with E-state index in [1.165, 1.54) is 0 Å². The maximum atomic E-state index is 5.90. The van der Waals surface area contributed by atoms with E-state index in [2.05, 4.69) is 16.5 Å². The highest BCUT2D eigenvalue weighted by Crippen LogP contribution is 2.23. The Bertz CT molecular complexity index is 490. The van der Waals surface area contributed by atoms with Crippen LogP contribution < -0.4 is 10.5 Å². The molecule has 0 radical (unpaired) electrons. The summed E-state index contributed by atoms with van der Waals surface area (Å²) in [6.45, 7) is 3.09. The molecule has 0 atom stereocenters. The molecule has 0 bridgehead atoms. The molecule has 0 saturated carbocycles. The van der Waals surface area contributed by atoms with Crippen molar-refractivity contribution in [1.29, 1.82) is 0 Å².